The molecule has 0 saturated carbocycles. The van der Waals surface area contributed by atoms with Gasteiger partial charge >= 0.3 is 0 Å². The van der Waals surface area contributed by atoms with E-state index >= 15 is 0 Å². The Morgan fingerprint density at radius 3 is 2.16 bits per heavy atom. The number of hydrogen-bond acceptors (Lipinski definition) is 1. The summed E-state index contributed by atoms with van der Waals surface area (Å²) in [6, 6.07) is 8.01. The van der Waals surface area contributed by atoms with Crippen molar-refractivity contribution in [1.29, 1.82) is 0 Å². The molecule has 1 rings (SSSR count). The predicted molar refractivity (Wildman–Crippen MR) is 86.8 cm³/mol. The number of allylic oxidation sites excluding steroid dienone is 6. The second kappa shape index (κ2) is 7.42. The molecule has 0 spiro atoms. The van der Waals surface area contributed by atoms with E-state index in [1.165, 1.54) is 22.3 Å². The Kier molecular flexibility index (Phi) is 5.87. The zero-order chi connectivity index (χ0) is 14.3. The molecule has 0 aliphatic rings. The number of hydrogen-bond donors (Lipinski definition) is 1. The van der Waals surface area contributed by atoms with Crippen LogP contribution in [0.5, 0.6) is 0 Å². The second-order valence-electron chi connectivity index (χ2n) is 4.36. The van der Waals surface area contributed by atoms with Gasteiger partial charge in [-0.3, -0.25) is 0 Å². The first-order chi connectivity index (χ1) is 9.17. The lowest BCUT2D eigenvalue weighted by molar-refractivity contribution is 1.11. The average Bonchev–Trinajstić information content (AvgIpc) is 2.44. The van der Waals surface area contributed by atoms with Gasteiger partial charge in [-0.2, -0.15) is 0 Å². The number of anilines is 1. The van der Waals surface area contributed by atoms with Gasteiger partial charge in [0.2, 0.25) is 0 Å². The minimum Gasteiger partial charge on any atom is -0.399 e. The highest BCUT2D eigenvalue weighted by Crippen LogP contribution is 2.31. The van der Waals surface area contributed by atoms with Crippen LogP contribution < -0.4 is 5.73 Å². The van der Waals surface area contributed by atoms with Crippen LogP contribution in [0.1, 0.15) is 32.3 Å². The summed E-state index contributed by atoms with van der Waals surface area (Å²) in [5.74, 6) is 0. The minimum atomic E-state index is 0.783. The summed E-state index contributed by atoms with van der Waals surface area (Å²) in [5, 5.41) is 0. The molecule has 0 unspecified atom stereocenters. The van der Waals surface area contributed by atoms with Crippen LogP contribution in [0.3, 0.4) is 0 Å². The van der Waals surface area contributed by atoms with Crippen molar-refractivity contribution in [2.45, 2.75) is 26.7 Å². The molecule has 100 valence electrons. The molecule has 1 aromatic rings. The van der Waals surface area contributed by atoms with Crippen LogP contribution in [0.25, 0.3) is 5.57 Å². The second-order valence-corrected chi connectivity index (χ2v) is 4.36. The van der Waals surface area contributed by atoms with Crippen molar-refractivity contribution in [2.24, 2.45) is 0 Å². The molecular weight excluding hydrogens is 230 g/mol. The van der Waals surface area contributed by atoms with Crippen LogP contribution in [0.15, 0.2) is 66.8 Å². The molecule has 0 aliphatic heterocycles. The number of benzene rings is 1. The molecule has 0 saturated heterocycles. The SMILES string of the molecule is C=C/C=C(CC)/C(=C(/C=C)CC)c1ccc(N)cc1. The summed E-state index contributed by atoms with van der Waals surface area (Å²) < 4.78 is 0. The Labute approximate surface area is 116 Å². The maximum absolute atomic E-state index is 5.77. The van der Waals surface area contributed by atoms with Gasteiger partial charge in [-0.1, -0.05) is 57.4 Å². The molecule has 0 aromatic heterocycles. The van der Waals surface area contributed by atoms with Crippen molar-refractivity contribution < 1.29 is 0 Å². The Balaban J connectivity index is 3.47. The predicted octanol–water partition coefficient (Wildman–Crippen LogP) is 5.14. The van der Waals surface area contributed by atoms with Crippen LogP contribution >= 0.6 is 0 Å². The van der Waals surface area contributed by atoms with Gasteiger partial charge in [-0.05, 0) is 47.3 Å². The number of nitrogen functional groups attached to an aromatic ring is 1. The highest BCUT2D eigenvalue weighted by Gasteiger charge is 2.10. The van der Waals surface area contributed by atoms with E-state index in [2.05, 4.69) is 45.2 Å². The van der Waals surface area contributed by atoms with E-state index < -0.39 is 0 Å². The molecule has 1 heteroatoms. The molecule has 1 aromatic carbocycles. The quantitative estimate of drug-likeness (QED) is 0.551. The Morgan fingerprint density at radius 2 is 1.74 bits per heavy atom. The summed E-state index contributed by atoms with van der Waals surface area (Å²) >= 11 is 0. The first kappa shape index (κ1) is 15.0. The first-order valence-electron chi connectivity index (χ1n) is 6.71. The molecule has 0 amide bonds. The number of rotatable bonds is 6. The van der Waals surface area contributed by atoms with Crippen molar-refractivity contribution in [3.05, 3.63) is 72.4 Å². The zero-order valence-electron chi connectivity index (χ0n) is 11.9. The third kappa shape index (κ3) is 3.72. The van der Waals surface area contributed by atoms with Crippen molar-refractivity contribution in [3.8, 4) is 0 Å². The lowest BCUT2D eigenvalue weighted by Gasteiger charge is -2.15. The van der Waals surface area contributed by atoms with Crippen molar-refractivity contribution in [1.82, 2.24) is 0 Å². The topological polar surface area (TPSA) is 26.0 Å². The van der Waals surface area contributed by atoms with Gasteiger partial charge in [-0.25, -0.2) is 0 Å². The normalized spacial score (nSPS) is 12.8. The fraction of sp³-hybridized carbons (Fsp3) is 0.222. The monoisotopic (exact) mass is 253 g/mol. The average molecular weight is 253 g/mol. The standard InChI is InChI=1S/C18H23N/c1-5-9-15(8-4)18(14(6-2)7-3)16-10-12-17(19)13-11-16/h5-6,9-13H,1-2,7-8,19H2,3-4H3/b15-9+,18-14+. The molecule has 0 heterocycles. The molecule has 0 radical (unpaired) electrons. The van der Waals surface area contributed by atoms with Gasteiger partial charge in [0.25, 0.3) is 0 Å². The van der Waals surface area contributed by atoms with Crippen molar-refractivity contribution in [2.75, 3.05) is 5.73 Å². The van der Waals surface area contributed by atoms with E-state index in [0.29, 0.717) is 0 Å². The van der Waals surface area contributed by atoms with Gasteiger partial charge in [-0.15, -0.1) is 0 Å². The van der Waals surface area contributed by atoms with Gasteiger partial charge in [0, 0.05) is 5.69 Å². The molecule has 0 bridgehead atoms. The highest BCUT2D eigenvalue weighted by molar-refractivity contribution is 5.83. The molecule has 0 atom stereocenters. The minimum absolute atomic E-state index is 0.783. The van der Waals surface area contributed by atoms with E-state index in [1.807, 2.05) is 24.3 Å². The summed E-state index contributed by atoms with van der Waals surface area (Å²) in [4.78, 5) is 0. The zero-order valence-corrected chi connectivity index (χ0v) is 11.9. The van der Waals surface area contributed by atoms with Crippen LogP contribution in [-0.2, 0) is 0 Å². The highest BCUT2D eigenvalue weighted by atomic mass is 14.5. The molecule has 0 fully saturated rings. The largest absolute Gasteiger partial charge is 0.399 e. The van der Waals surface area contributed by atoms with E-state index in [1.54, 1.807) is 0 Å². The lowest BCUT2D eigenvalue weighted by Crippen LogP contribution is -1.95. The Morgan fingerprint density at radius 1 is 1.11 bits per heavy atom. The van der Waals surface area contributed by atoms with E-state index in [9.17, 15) is 0 Å². The smallest absolute Gasteiger partial charge is 0.0314 e. The van der Waals surface area contributed by atoms with Crippen molar-refractivity contribution in [3.63, 3.8) is 0 Å². The van der Waals surface area contributed by atoms with Gasteiger partial charge in [0.05, 0.1) is 0 Å². The van der Waals surface area contributed by atoms with E-state index in [-0.39, 0.29) is 0 Å². The summed E-state index contributed by atoms with van der Waals surface area (Å²) in [7, 11) is 0. The third-order valence-corrected chi connectivity index (χ3v) is 3.17. The van der Waals surface area contributed by atoms with E-state index in [0.717, 1.165) is 18.5 Å². The molecular formula is C18H23N. The first-order valence-corrected chi connectivity index (χ1v) is 6.71. The van der Waals surface area contributed by atoms with Crippen molar-refractivity contribution >= 4 is 11.3 Å². The van der Waals surface area contributed by atoms with Crippen LogP contribution in [-0.4, -0.2) is 0 Å². The molecule has 2 N–H and O–H groups in total. The van der Waals surface area contributed by atoms with E-state index in [4.69, 9.17) is 5.73 Å². The Hall–Kier alpha value is -2.02. The van der Waals surface area contributed by atoms with Gasteiger partial charge in [0.1, 0.15) is 0 Å². The van der Waals surface area contributed by atoms with Crippen LogP contribution in [0.4, 0.5) is 5.69 Å². The summed E-state index contributed by atoms with van der Waals surface area (Å²) in [6.07, 6.45) is 7.77. The maximum atomic E-state index is 5.77. The fourth-order valence-corrected chi connectivity index (χ4v) is 2.17. The van der Waals surface area contributed by atoms with Gasteiger partial charge < -0.3 is 5.73 Å². The van der Waals surface area contributed by atoms with Crippen LogP contribution in [0.2, 0.25) is 0 Å². The molecule has 19 heavy (non-hydrogen) atoms. The fourth-order valence-electron chi connectivity index (χ4n) is 2.17. The summed E-state index contributed by atoms with van der Waals surface area (Å²) in [6.45, 7) is 12.0. The molecule has 0 aliphatic carbocycles. The Bertz CT molecular complexity index is 501. The van der Waals surface area contributed by atoms with Crippen LogP contribution in [0, 0.1) is 0 Å². The number of nitrogens with two attached hydrogens (primary N) is 1. The van der Waals surface area contributed by atoms with Gasteiger partial charge in [0.15, 0.2) is 0 Å². The maximum Gasteiger partial charge on any atom is 0.0314 e. The molecule has 1 nitrogen and oxygen atoms in total. The third-order valence-electron chi connectivity index (χ3n) is 3.17. The lowest BCUT2D eigenvalue weighted by atomic mass is 9.90. The summed E-state index contributed by atoms with van der Waals surface area (Å²) in [5.41, 5.74) is 11.5.